The first-order valence-electron chi connectivity index (χ1n) is 4.74. The van der Waals surface area contributed by atoms with E-state index in [-0.39, 0.29) is 9.67 Å². The van der Waals surface area contributed by atoms with Gasteiger partial charge in [-0.1, -0.05) is 0 Å². The highest BCUT2D eigenvalue weighted by Gasteiger charge is 2.21. The molecule has 0 unspecified atom stereocenters. The molecular formula is C10H7FN2O3S2. The van der Waals surface area contributed by atoms with E-state index in [9.17, 15) is 17.6 Å². The maximum absolute atomic E-state index is 12.7. The van der Waals surface area contributed by atoms with E-state index in [1.54, 1.807) is 0 Å². The number of rotatable bonds is 2. The van der Waals surface area contributed by atoms with E-state index in [4.69, 9.17) is 0 Å². The Bertz CT molecular complexity index is 791. The molecule has 2 N–H and O–H groups in total. The van der Waals surface area contributed by atoms with Crippen LogP contribution in [0.5, 0.6) is 0 Å². The number of sulfone groups is 1. The fourth-order valence-electron chi connectivity index (χ4n) is 1.34. The molecule has 2 aromatic rings. The summed E-state index contributed by atoms with van der Waals surface area (Å²) in [6.45, 7) is 0. The van der Waals surface area contributed by atoms with Crippen LogP contribution >= 0.6 is 12.2 Å². The summed E-state index contributed by atoms with van der Waals surface area (Å²) in [7, 11) is -3.99. The largest absolute Gasteiger partial charge is 0.337 e. The van der Waals surface area contributed by atoms with Crippen molar-refractivity contribution in [3.05, 3.63) is 51.4 Å². The lowest BCUT2D eigenvalue weighted by atomic mass is 10.4. The molecule has 0 atom stereocenters. The van der Waals surface area contributed by atoms with Crippen LogP contribution in [0.3, 0.4) is 0 Å². The summed E-state index contributed by atoms with van der Waals surface area (Å²) in [5.41, 5.74) is -0.817. The second-order valence-electron chi connectivity index (χ2n) is 3.39. The third-order valence-corrected chi connectivity index (χ3v) is 4.19. The molecule has 0 aliphatic rings. The van der Waals surface area contributed by atoms with Gasteiger partial charge < -0.3 is 4.98 Å². The van der Waals surface area contributed by atoms with Crippen LogP contribution in [0.2, 0.25) is 0 Å². The second-order valence-corrected chi connectivity index (χ2v) is 5.72. The van der Waals surface area contributed by atoms with Crippen molar-refractivity contribution in [2.45, 2.75) is 9.79 Å². The predicted octanol–water partition coefficient (Wildman–Crippen LogP) is 1.40. The topological polar surface area (TPSA) is 82.8 Å². The van der Waals surface area contributed by atoms with E-state index in [1.807, 2.05) is 0 Å². The van der Waals surface area contributed by atoms with Crippen LogP contribution in [0, 0.1) is 10.6 Å². The van der Waals surface area contributed by atoms with Crippen LogP contribution in [0.25, 0.3) is 0 Å². The lowest BCUT2D eigenvalue weighted by Gasteiger charge is -2.03. The van der Waals surface area contributed by atoms with Gasteiger partial charge in [0.1, 0.15) is 5.82 Å². The van der Waals surface area contributed by atoms with Gasteiger partial charge >= 0.3 is 0 Å². The smallest absolute Gasteiger partial charge is 0.270 e. The third kappa shape index (κ3) is 2.24. The Kier molecular flexibility index (Phi) is 3.14. The highest BCUT2D eigenvalue weighted by molar-refractivity contribution is 7.91. The van der Waals surface area contributed by atoms with Crippen molar-refractivity contribution in [1.29, 1.82) is 0 Å². The zero-order chi connectivity index (χ0) is 13.3. The summed E-state index contributed by atoms with van der Waals surface area (Å²) in [5.74, 6) is -0.560. The molecule has 0 spiro atoms. The van der Waals surface area contributed by atoms with Gasteiger partial charge in [-0.2, -0.15) is 0 Å². The minimum atomic E-state index is -3.99. The van der Waals surface area contributed by atoms with Crippen LogP contribution in [0.1, 0.15) is 0 Å². The second kappa shape index (κ2) is 4.46. The summed E-state index contributed by atoms with van der Waals surface area (Å²) in [5, 5.41) is 0. The summed E-state index contributed by atoms with van der Waals surface area (Å²) < 4.78 is 36.9. The highest BCUT2D eigenvalue weighted by atomic mass is 32.2. The van der Waals surface area contributed by atoms with Crippen LogP contribution in [0.4, 0.5) is 4.39 Å². The number of nitrogens with one attached hydrogen (secondary N) is 2. The quantitative estimate of drug-likeness (QED) is 0.646. The summed E-state index contributed by atoms with van der Waals surface area (Å²) in [4.78, 5) is 15.5. The molecule has 0 bridgehead atoms. The molecule has 0 saturated heterocycles. The minimum absolute atomic E-state index is 0.0260. The predicted molar refractivity (Wildman–Crippen MR) is 64.1 cm³/mol. The molecule has 0 aliphatic carbocycles. The van der Waals surface area contributed by atoms with E-state index in [0.29, 0.717) is 0 Å². The zero-order valence-electron chi connectivity index (χ0n) is 8.81. The number of aromatic amines is 2. The molecule has 0 aliphatic heterocycles. The average Bonchev–Trinajstić information content (AvgIpc) is 2.29. The Balaban J connectivity index is 2.65. The standard InChI is InChI=1S/C10H7FN2O3S2/c11-6-1-3-7(4-2-6)18(15,16)8-5-12-10(17)13-9(8)14/h1-5H,(H2,12,13,14,17). The maximum atomic E-state index is 12.7. The molecule has 8 heteroatoms. The minimum Gasteiger partial charge on any atom is -0.337 e. The average molecular weight is 286 g/mol. The van der Waals surface area contributed by atoms with Crippen molar-refractivity contribution in [1.82, 2.24) is 9.97 Å². The first kappa shape index (κ1) is 12.7. The molecule has 1 heterocycles. The van der Waals surface area contributed by atoms with E-state index in [2.05, 4.69) is 22.2 Å². The van der Waals surface area contributed by atoms with Crippen molar-refractivity contribution >= 4 is 22.1 Å². The maximum Gasteiger partial charge on any atom is 0.270 e. The van der Waals surface area contributed by atoms with Crippen molar-refractivity contribution in [3.63, 3.8) is 0 Å². The summed E-state index contributed by atoms with van der Waals surface area (Å²) in [6, 6.07) is 4.19. The molecule has 1 aromatic carbocycles. The number of halogens is 1. The number of benzene rings is 1. The van der Waals surface area contributed by atoms with Crippen LogP contribution in [-0.2, 0) is 9.84 Å². The first-order valence-corrected chi connectivity index (χ1v) is 6.63. The van der Waals surface area contributed by atoms with Gasteiger partial charge in [-0.3, -0.25) is 9.78 Å². The Morgan fingerprint density at radius 3 is 2.33 bits per heavy atom. The Morgan fingerprint density at radius 1 is 1.17 bits per heavy atom. The van der Waals surface area contributed by atoms with E-state index in [0.717, 1.165) is 30.5 Å². The van der Waals surface area contributed by atoms with Gasteiger partial charge in [0.25, 0.3) is 5.56 Å². The molecule has 0 fully saturated rings. The molecule has 0 amide bonds. The van der Waals surface area contributed by atoms with Crippen molar-refractivity contribution in [2.24, 2.45) is 0 Å². The lowest BCUT2D eigenvalue weighted by Crippen LogP contribution is -2.18. The molecule has 1 aromatic heterocycles. The van der Waals surface area contributed by atoms with Gasteiger partial charge in [0, 0.05) is 6.20 Å². The van der Waals surface area contributed by atoms with Crippen LogP contribution in [-0.4, -0.2) is 18.4 Å². The van der Waals surface area contributed by atoms with Gasteiger partial charge in [-0.25, -0.2) is 12.8 Å². The van der Waals surface area contributed by atoms with Crippen molar-refractivity contribution < 1.29 is 12.8 Å². The Morgan fingerprint density at radius 2 is 1.78 bits per heavy atom. The molecule has 0 radical (unpaired) electrons. The highest BCUT2D eigenvalue weighted by Crippen LogP contribution is 2.17. The van der Waals surface area contributed by atoms with Gasteiger partial charge in [0.2, 0.25) is 9.84 Å². The third-order valence-electron chi connectivity index (χ3n) is 2.20. The fraction of sp³-hybridized carbons (Fsp3) is 0. The SMILES string of the molecule is O=c1[nH]c(=S)[nH]cc1S(=O)(=O)c1ccc(F)cc1. The van der Waals surface area contributed by atoms with E-state index in [1.165, 1.54) is 0 Å². The van der Waals surface area contributed by atoms with Crippen molar-refractivity contribution in [2.75, 3.05) is 0 Å². The van der Waals surface area contributed by atoms with Crippen LogP contribution in [0.15, 0.2) is 45.0 Å². The zero-order valence-corrected chi connectivity index (χ0v) is 10.4. The van der Waals surface area contributed by atoms with Crippen LogP contribution < -0.4 is 5.56 Å². The monoisotopic (exact) mass is 286 g/mol. The molecule has 0 saturated carbocycles. The Labute approximate surface area is 106 Å². The molecule has 5 nitrogen and oxygen atoms in total. The molecule has 2 rings (SSSR count). The number of hydrogen-bond acceptors (Lipinski definition) is 4. The normalized spacial score (nSPS) is 11.4. The van der Waals surface area contributed by atoms with Gasteiger partial charge in [-0.15, -0.1) is 0 Å². The van der Waals surface area contributed by atoms with E-state index >= 15 is 0 Å². The summed E-state index contributed by atoms with van der Waals surface area (Å²) >= 11 is 4.66. The van der Waals surface area contributed by atoms with Gasteiger partial charge in [-0.05, 0) is 36.5 Å². The Hall–Kier alpha value is -1.80. The first-order chi connectivity index (χ1) is 8.41. The molecule has 18 heavy (non-hydrogen) atoms. The number of aromatic nitrogens is 2. The van der Waals surface area contributed by atoms with Gasteiger partial charge in [0.15, 0.2) is 9.67 Å². The van der Waals surface area contributed by atoms with E-state index < -0.39 is 26.1 Å². The summed E-state index contributed by atoms with van der Waals surface area (Å²) in [6.07, 6.45) is 1.01. The number of hydrogen-bond donors (Lipinski definition) is 2. The fourth-order valence-corrected chi connectivity index (χ4v) is 2.75. The number of H-pyrrole nitrogens is 2. The molecule has 94 valence electrons. The molecular weight excluding hydrogens is 279 g/mol. The van der Waals surface area contributed by atoms with Crippen molar-refractivity contribution in [3.8, 4) is 0 Å². The van der Waals surface area contributed by atoms with Gasteiger partial charge in [0.05, 0.1) is 4.90 Å². The lowest BCUT2D eigenvalue weighted by molar-refractivity contribution is 0.592.